The van der Waals surface area contributed by atoms with Crippen LogP contribution in [0.1, 0.15) is 24.0 Å². The molecule has 7 heteroatoms. The molecular weight excluding hydrogens is 334 g/mol. The van der Waals surface area contributed by atoms with Crippen molar-refractivity contribution in [1.29, 1.82) is 0 Å². The molecule has 2 aromatic heterocycles. The van der Waals surface area contributed by atoms with E-state index in [0.717, 1.165) is 27.7 Å². The highest BCUT2D eigenvalue weighted by Gasteiger charge is 2.11. The zero-order valence-electron chi connectivity index (χ0n) is 9.97. The van der Waals surface area contributed by atoms with Crippen LogP contribution in [0.2, 0.25) is 0 Å². The van der Waals surface area contributed by atoms with E-state index < -0.39 is 0 Å². The SMILES string of the molecule is CCCn1c(CO)nnc1SCc1ccc(Br)s1. The highest BCUT2D eigenvalue weighted by atomic mass is 79.9. The second kappa shape index (κ2) is 6.70. The van der Waals surface area contributed by atoms with Gasteiger partial charge in [-0.25, -0.2) is 0 Å². The monoisotopic (exact) mass is 347 g/mol. The van der Waals surface area contributed by atoms with Gasteiger partial charge in [0.1, 0.15) is 6.61 Å². The number of aliphatic hydroxyl groups excluding tert-OH is 1. The molecule has 0 aromatic carbocycles. The first kappa shape index (κ1) is 14.0. The van der Waals surface area contributed by atoms with E-state index in [4.69, 9.17) is 0 Å². The van der Waals surface area contributed by atoms with E-state index in [1.807, 2.05) is 4.57 Å². The Morgan fingerprint density at radius 1 is 1.44 bits per heavy atom. The summed E-state index contributed by atoms with van der Waals surface area (Å²) in [5.74, 6) is 1.52. The number of aromatic nitrogens is 3. The predicted molar refractivity (Wildman–Crippen MR) is 77.8 cm³/mol. The summed E-state index contributed by atoms with van der Waals surface area (Å²) in [5.41, 5.74) is 0. The molecule has 0 radical (unpaired) electrons. The molecule has 4 nitrogen and oxygen atoms in total. The van der Waals surface area contributed by atoms with Crippen molar-refractivity contribution >= 4 is 39.0 Å². The van der Waals surface area contributed by atoms with Crippen LogP contribution in [0.4, 0.5) is 0 Å². The van der Waals surface area contributed by atoms with Crippen molar-refractivity contribution < 1.29 is 5.11 Å². The maximum absolute atomic E-state index is 9.21. The molecule has 1 N–H and O–H groups in total. The Labute approximate surface area is 123 Å². The van der Waals surface area contributed by atoms with Crippen LogP contribution in [0.3, 0.4) is 0 Å². The Morgan fingerprint density at radius 3 is 2.89 bits per heavy atom. The van der Waals surface area contributed by atoms with Crippen molar-refractivity contribution in [3.05, 3.63) is 26.6 Å². The van der Waals surface area contributed by atoms with E-state index in [0.29, 0.717) is 5.82 Å². The zero-order chi connectivity index (χ0) is 13.0. The highest BCUT2D eigenvalue weighted by molar-refractivity contribution is 9.11. The number of nitrogens with zero attached hydrogens (tertiary/aromatic N) is 3. The van der Waals surface area contributed by atoms with Gasteiger partial charge in [0.25, 0.3) is 0 Å². The third-order valence-electron chi connectivity index (χ3n) is 2.35. The Bertz CT molecular complexity index is 512. The van der Waals surface area contributed by atoms with Crippen molar-refractivity contribution in [3.63, 3.8) is 0 Å². The van der Waals surface area contributed by atoms with E-state index in [1.165, 1.54) is 4.88 Å². The summed E-state index contributed by atoms with van der Waals surface area (Å²) in [6.45, 7) is 2.89. The fourth-order valence-electron chi connectivity index (χ4n) is 1.56. The smallest absolute Gasteiger partial charge is 0.191 e. The summed E-state index contributed by atoms with van der Waals surface area (Å²) in [4.78, 5) is 1.29. The van der Waals surface area contributed by atoms with E-state index >= 15 is 0 Å². The molecule has 2 aromatic rings. The molecule has 0 aliphatic heterocycles. The van der Waals surface area contributed by atoms with E-state index in [2.05, 4.69) is 45.2 Å². The molecule has 0 aliphatic rings. The molecule has 2 heterocycles. The van der Waals surface area contributed by atoms with Crippen LogP contribution in [-0.4, -0.2) is 19.9 Å². The van der Waals surface area contributed by atoms with Gasteiger partial charge in [-0.3, -0.25) is 0 Å². The zero-order valence-corrected chi connectivity index (χ0v) is 13.2. The number of thiophene rings is 1. The van der Waals surface area contributed by atoms with Gasteiger partial charge in [-0.15, -0.1) is 21.5 Å². The molecular formula is C11H14BrN3OS2. The fraction of sp³-hybridized carbons (Fsp3) is 0.455. The first-order valence-corrected chi connectivity index (χ1v) is 8.24. The van der Waals surface area contributed by atoms with Gasteiger partial charge >= 0.3 is 0 Å². The molecule has 0 spiro atoms. The van der Waals surface area contributed by atoms with Crippen LogP contribution < -0.4 is 0 Å². The Kier molecular flexibility index (Phi) is 5.23. The molecule has 98 valence electrons. The minimum atomic E-state index is -0.0574. The number of thioether (sulfide) groups is 1. The third-order valence-corrected chi connectivity index (χ3v) is 5.18. The molecule has 0 aliphatic carbocycles. The molecule has 0 unspecified atom stereocenters. The summed E-state index contributed by atoms with van der Waals surface area (Å²) >= 11 is 6.84. The number of hydrogen-bond acceptors (Lipinski definition) is 5. The van der Waals surface area contributed by atoms with Crippen molar-refractivity contribution in [1.82, 2.24) is 14.8 Å². The lowest BCUT2D eigenvalue weighted by molar-refractivity contribution is 0.263. The minimum absolute atomic E-state index is 0.0574. The predicted octanol–water partition coefficient (Wildman–Crippen LogP) is 3.30. The normalized spacial score (nSPS) is 11.1. The number of rotatable bonds is 6. The second-order valence-electron chi connectivity index (χ2n) is 3.70. The summed E-state index contributed by atoms with van der Waals surface area (Å²) in [6, 6.07) is 4.16. The second-order valence-corrected chi connectivity index (χ2v) is 7.19. The van der Waals surface area contributed by atoms with Gasteiger partial charge in [-0.2, -0.15) is 0 Å². The first-order valence-electron chi connectivity index (χ1n) is 5.64. The molecule has 18 heavy (non-hydrogen) atoms. The van der Waals surface area contributed by atoms with Gasteiger partial charge in [0.2, 0.25) is 0 Å². The standard InChI is InChI=1S/C11H14BrN3OS2/c1-2-5-15-10(6-16)13-14-11(15)17-7-8-3-4-9(12)18-8/h3-4,16H,2,5-7H2,1H3. The molecule has 0 amide bonds. The first-order chi connectivity index (χ1) is 8.74. The number of aliphatic hydroxyl groups is 1. The van der Waals surface area contributed by atoms with Crippen LogP contribution in [0, 0.1) is 0 Å². The average Bonchev–Trinajstić information content (AvgIpc) is 2.94. The van der Waals surface area contributed by atoms with Gasteiger partial charge in [-0.05, 0) is 34.5 Å². The molecule has 0 fully saturated rings. The number of halogens is 1. The summed E-state index contributed by atoms with van der Waals surface area (Å²) in [7, 11) is 0. The van der Waals surface area contributed by atoms with Gasteiger partial charge < -0.3 is 9.67 Å². The van der Waals surface area contributed by atoms with E-state index in [-0.39, 0.29) is 6.61 Å². The lowest BCUT2D eigenvalue weighted by Crippen LogP contribution is -2.04. The summed E-state index contributed by atoms with van der Waals surface area (Å²) in [6.07, 6.45) is 1.00. The van der Waals surface area contributed by atoms with Crippen LogP contribution in [0.15, 0.2) is 21.1 Å². The molecule has 2 rings (SSSR count). The Morgan fingerprint density at radius 2 is 2.28 bits per heavy atom. The molecule has 0 bridgehead atoms. The fourth-order valence-corrected chi connectivity index (χ4v) is 4.07. The van der Waals surface area contributed by atoms with Gasteiger partial charge in [0, 0.05) is 17.2 Å². The largest absolute Gasteiger partial charge is 0.388 e. The van der Waals surface area contributed by atoms with Crippen molar-refractivity contribution in [3.8, 4) is 0 Å². The van der Waals surface area contributed by atoms with Crippen molar-refractivity contribution in [2.24, 2.45) is 0 Å². The lowest BCUT2D eigenvalue weighted by Gasteiger charge is -2.06. The van der Waals surface area contributed by atoms with Crippen LogP contribution >= 0.6 is 39.0 Å². The van der Waals surface area contributed by atoms with Crippen LogP contribution in [0.5, 0.6) is 0 Å². The average molecular weight is 348 g/mol. The van der Waals surface area contributed by atoms with Crippen LogP contribution in [0.25, 0.3) is 0 Å². The molecule has 0 saturated heterocycles. The quantitative estimate of drug-likeness (QED) is 0.814. The molecule has 0 atom stereocenters. The van der Waals surface area contributed by atoms with Crippen molar-refractivity contribution in [2.75, 3.05) is 0 Å². The van der Waals surface area contributed by atoms with Gasteiger partial charge in [0.05, 0.1) is 3.79 Å². The lowest BCUT2D eigenvalue weighted by atomic mass is 10.4. The van der Waals surface area contributed by atoms with Crippen LogP contribution in [-0.2, 0) is 18.9 Å². The Hall–Kier alpha value is -0.370. The maximum Gasteiger partial charge on any atom is 0.191 e. The summed E-state index contributed by atoms with van der Waals surface area (Å²) < 4.78 is 3.14. The Balaban J connectivity index is 2.06. The summed E-state index contributed by atoms with van der Waals surface area (Å²) in [5, 5.41) is 18.2. The third kappa shape index (κ3) is 3.34. The maximum atomic E-state index is 9.21. The highest BCUT2D eigenvalue weighted by Crippen LogP contribution is 2.28. The number of hydrogen-bond donors (Lipinski definition) is 1. The van der Waals surface area contributed by atoms with E-state index in [1.54, 1.807) is 23.1 Å². The van der Waals surface area contributed by atoms with Crippen molar-refractivity contribution in [2.45, 2.75) is 37.4 Å². The molecule has 0 saturated carbocycles. The van der Waals surface area contributed by atoms with Gasteiger partial charge in [0.15, 0.2) is 11.0 Å². The minimum Gasteiger partial charge on any atom is -0.388 e. The topological polar surface area (TPSA) is 50.9 Å². The van der Waals surface area contributed by atoms with Gasteiger partial charge in [-0.1, -0.05) is 18.7 Å². The van der Waals surface area contributed by atoms with E-state index in [9.17, 15) is 5.11 Å².